The first kappa shape index (κ1) is 25.0. The van der Waals surface area contributed by atoms with Gasteiger partial charge in [-0.05, 0) is 25.5 Å². The second-order valence-corrected chi connectivity index (χ2v) is 10.7. The average Bonchev–Trinajstić information content (AvgIpc) is 3.26. The highest BCUT2D eigenvalue weighted by Crippen LogP contribution is 2.43. The van der Waals surface area contributed by atoms with Gasteiger partial charge in [-0.1, -0.05) is 11.2 Å². The maximum Gasteiger partial charge on any atom is 0.353 e. The van der Waals surface area contributed by atoms with Crippen LogP contribution in [0, 0.1) is 6.92 Å². The molecule has 0 unspecified atom stereocenters. The molecule has 2 aliphatic rings. The largest absolute Gasteiger partial charge is 0.477 e. The number of carbonyl (C=O) groups excluding carboxylic acids is 2. The van der Waals surface area contributed by atoms with Crippen LogP contribution in [0.5, 0.6) is 0 Å². The number of hydrogen-bond acceptors (Lipinski definition) is 11. The summed E-state index contributed by atoms with van der Waals surface area (Å²) in [5.41, 5.74) is 7.55. The minimum absolute atomic E-state index is 0.0375. The number of aromatic nitrogens is 2. The van der Waals surface area contributed by atoms with E-state index in [0.29, 0.717) is 22.8 Å². The number of amides is 2. The number of β-lactam (4-membered cyclic amide) rings is 1. The SMILES string of the molecule is CO/N=C(\C(=O)N[C@@H]1C(=O)N2C(C(=O)O)=C(SCCc3cccc(C)n3)CS[C@H]12)c1csc(N)n1. The first-order valence-corrected chi connectivity index (χ1v) is 13.3. The molecule has 184 valence electrons. The third-order valence-corrected chi connectivity index (χ3v) is 8.40. The van der Waals surface area contributed by atoms with Gasteiger partial charge in [-0.3, -0.25) is 19.5 Å². The zero-order chi connectivity index (χ0) is 25.1. The molecule has 11 nitrogen and oxygen atoms in total. The quantitative estimate of drug-likeness (QED) is 0.244. The summed E-state index contributed by atoms with van der Waals surface area (Å²) in [6, 6.07) is 4.88. The van der Waals surface area contributed by atoms with Crippen molar-refractivity contribution in [2.75, 3.05) is 24.3 Å². The monoisotopic (exact) mass is 534 g/mol. The van der Waals surface area contributed by atoms with Crippen LogP contribution in [-0.4, -0.2) is 73.5 Å². The molecule has 0 aliphatic carbocycles. The van der Waals surface area contributed by atoms with Gasteiger partial charge in [0.15, 0.2) is 10.8 Å². The number of aliphatic carboxylic acids is 1. The lowest BCUT2D eigenvalue weighted by molar-refractivity contribution is -0.150. The van der Waals surface area contributed by atoms with Gasteiger partial charge in [-0.2, -0.15) is 0 Å². The molecule has 2 aromatic heterocycles. The molecule has 2 aliphatic heterocycles. The molecule has 0 radical (unpaired) electrons. The summed E-state index contributed by atoms with van der Waals surface area (Å²) in [5.74, 6) is -1.30. The smallest absolute Gasteiger partial charge is 0.353 e. The number of nitrogens with zero attached hydrogens (tertiary/aromatic N) is 4. The van der Waals surface area contributed by atoms with Crippen molar-refractivity contribution in [1.82, 2.24) is 20.2 Å². The fraction of sp³-hybridized carbons (Fsp3) is 0.333. The number of thioether (sulfide) groups is 2. The minimum atomic E-state index is -1.18. The number of carboxylic acids is 1. The van der Waals surface area contributed by atoms with Crippen molar-refractivity contribution in [2.24, 2.45) is 5.16 Å². The predicted molar refractivity (Wildman–Crippen MR) is 135 cm³/mol. The van der Waals surface area contributed by atoms with Crippen molar-refractivity contribution >= 4 is 63.5 Å². The number of thiazole rings is 1. The number of hydrogen-bond donors (Lipinski definition) is 3. The van der Waals surface area contributed by atoms with Crippen LogP contribution in [0.3, 0.4) is 0 Å². The third-order valence-electron chi connectivity index (χ3n) is 5.17. The lowest BCUT2D eigenvalue weighted by Crippen LogP contribution is -2.71. The standard InChI is InChI=1S/C21H22N6O5S3/c1-10-4-3-5-11(23-10)6-7-33-13-9-34-19-15(18(29)27(19)16(13)20(30)31)25-17(28)14(26-32-2)12-8-35-21(22)24-12/h3-5,8,15,19H,6-7,9H2,1-2H3,(H2,22,24)(H,25,28)(H,30,31)/b26-14-/t15-,19-/m1/s1. The third kappa shape index (κ3) is 5.28. The Morgan fingerprint density at radius 3 is 2.86 bits per heavy atom. The summed E-state index contributed by atoms with van der Waals surface area (Å²) in [6.45, 7) is 1.92. The van der Waals surface area contributed by atoms with Crippen LogP contribution in [0.4, 0.5) is 5.13 Å². The minimum Gasteiger partial charge on any atom is -0.477 e. The number of carbonyl (C=O) groups is 3. The molecule has 1 saturated heterocycles. The molecule has 4 N–H and O–H groups in total. The molecule has 4 heterocycles. The van der Waals surface area contributed by atoms with Gasteiger partial charge in [-0.15, -0.1) is 34.9 Å². The normalized spacial score (nSPS) is 19.8. The van der Waals surface area contributed by atoms with E-state index in [1.807, 2.05) is 25.1 Å². The molecular weight excluding hydrogens is 512 g/mol. The molecule has 0 spiro atoms. The topological polar surface area (TPSA) is 160 Å². The van der Waals surface area contributed by atoms with Crippen LogP contribution in [0.25, 0.3) is 0 Å². The van der Waals surface area contributed by atoms with E-state index in [0.717, 1.165) is 22.7 Å². The lowest BCUT2D eigenvalue weighted by Gasteiger charge is -2.49. The number of nitrogens with one attached hydrogen (secondary N) is 1. The number of carboxylic acid groups (broad SMARTS) is 1. The van der Waals surface area contributed by atoms with Gasteiger partial charge in [0.05, 0.1) is 0 Å². The number of nitrogen functional groups attached to an aromatic ring is 1. The first-order valence-electron chi connectivity index (χ1n) is 10.4. The fourth-order valence-corrected chi connectivity index (χ4v) is 6.78. The van der Waals surface area contributed by atoms with Gasteiger partial charge in [0.2, 0.25) is 0 Å². The highest BCUT2D eigenvalue weighted by Gasteiger charge is 2.54. The van der Waals surface area contributed by atoms with E-state index >= 15 is 0 Å². The Hall–Kier alpha value is -3.10. The van der Waals surface area contributed by atoms with Crippen molar-refractivity contribution < 1.29 is 24.3 Å². The van der Waals surface area contributed by atoms with Crippen molar-refractivity contribution in [3.8, 4) is 0 Å². The Labute approximate surface area is 213 Å². The summed E-state index contributed by atoms with van der Waals surface area (Å²) in [4.78, 5) is 52.9. The molecule has 14 heteroatoms. The summed E-state index contributed by atoms with van der Waals surface area (Å²) in [6.07, 6.45) is 0.673. The Kier molecular flexibility index (Phi) is 7.62. The van der Waals surface area contributed by atoms with E-state index in [4.69, 9.17) is 10.6 Å². The predicted octanol–water partition coefficient (Wildman–Crippen LogP) is 1.45. The van der Waals surface area contributed by atoms with Crippen molar-refractivity contribution in [1.29, 1.82) is 0 Å². The van der Waals surface area contributed by atoms with E-state index in [1.165, 1.54) is 35.5 Å². The van der Waals surface area contributed by atoms with E-state index in [1.54, 1.807) is 5.38 Å². The Morgan fingerprint density at radius 2 is 2.20 bits per heavy atom. The number of aryl methyl sites for hydroxylation is 2. The molecule has 1 fully saturated rings. The molecule has 2 amide bonds. The lowest BCUT2D eigenvalue weighted by atomic mass is 10.0. The number of anilines is 1. The highest BCUT2D eigenvalue weighted by molar-refractivity contribution is 8.06. The van der Waals surface area contributed by atoms with E-state index in [2.05, 4.69) is 20.4 Å². The zero-order valence-corrected chi connectivity index (χ0v) is 21.2. The van der Waals surface area contributed by atoms with Crippen LogP contribution in [0.15, 0.2) is 39.3 Å². The summed E-state index contributed by atoms with van der Waals surface area (Å²) in [5, 5.41) is 17.5. The Balaban J connectivity index is 1.44. The molecular formula is C21H22N6O5S3. The first-order chi connectivity index (χ1) is 16.8. The van der Waals surface area contributed by atoms with Gasteiger partial charge in [0.1, 0.15) is 29.9 Å². The summed E-state index contributed by atoms with van der Waals surface area (Å²) < 4.78 is 0. The number of pyridine rings is 1. The zero-order valence-electron chi connectivity index (χ0n) is 18.8. The van der Waals surface area contributed by atoms with Crippen LogP contribution in [0.2, 0.25) is 0 Å². The van der Waals surface area contributed by atoms with E-state index in [-0.39, 0.29) is 22.2 Å². The molecule has 4 rings (SSSR count). The van der Waals surface area contributed by atoms with Crippen LogP contribution in [0.1, 0.15) is 17.1 Å². The average molecular weight is 535 g/mol. The molecule has 2 aromatic rings. The second kappa shape index (κ2) is 10.7. The highest BCUT2D eigenvalue weighted by atomic mass is 32.2. The Bertz CT molecular complexity index is 1230. The van der Waals surface area contributed by atoms with E-state index < -0.39 is 29.2 Å². The number of rotatable bonds is 9. The molecule has 0 aromatic carbocycles. The second-order valence-electron chi connectivity index (χ2n) is 7.50. The summed E-state index contributed by atoms with van der Waals surface area (Å²) in [7, 11) is 1.29. The molecule has 0 saturated carbocycles. The number of oxime groups is 1. The number of nitrogens with two attached hydrogens (primary N) is 1. The maximum atomic E-state index is 12.9. The van der Waals surface area contributed by atoms with Crippen molar-refractivity contribution in [3.63, 3.8) is 0 Å². The summed E-state index contributed by atoms with van der Waals surface area (Å²) >= 11 is 3.94. The van der Waals surface area contributed by atoms with Gasteiger partial charge >= 0.3 is 5.97 Å². The molecule has 0 bridgehead atoms. The van der Waals surface area contributed by atoms with Crippen LogP contribution in [-0.2, 0) is 25.6 Å². The Morgan fingerprint density at radius 1 is 1.40 bits per heavy atom. The number of fused-ring (bicyclic) bond motifs is 1. The van der Waals surface area contributed by atoms with Gasteiger partial charge in [-0.25, -0.2) is 9.78 Å². The van der Waals surface area contributed by atoms with Crippen LogP contribution >= 0.6 is 34.9 Å². The van der Waals surface area contributed by atoms with Gasteiger partial charge < -0.3 is 21.0 Å². The fourth-order valence-electron chi connectivity index (χ4n) is 3.62. The van der Waals surface area contributed by atoms with Crippen molar-refractivity contribution in [3.05, 3.63) is 51.3 Å². The van der Waals surface area contributed by atoms with Gasteiger partial charge in [0, 0.05) is 33.2 Å². The maximum absolute atomic E-state index is 12.9. The van der Waals surface area contributed by atoms with Crippen molar-refractivity contribution in [2.45, 2.75) is 24.8 Å². The molecule has 35 heavy (non-hydrogen) atoms. The van der Waals surface area contributed by atoms with E-state index in [9.17, 15) is 19.5 Å². The van der Waals surface area contributed by atoms with Gasteiger partial charge in [0.25, 0.3) is 11.8 Å². The van der Waals surface area contributed by atoms with Crippen LogP contribution < -0.4 is 11.1 Å². The molecule has 2 atom stereocenters.